The highest BCUT2D eigenvalue weighted by atomic mass is 32.1. The molecule has 1 N–H and O–H groups in total. The maximum atomic E-state index is 4.13. The molecule has 0 unspecified atom stereocenters. The van der Waals surface area contributed by atoms with Gasteiger partial charge in [0.2, 0.25) is 5.13 Å². The Morgan fingerprint density at radius 1 is 1.54 bits per heavy atom. The fourth-order valence-corrected chi connectivity index (χ4v) is 1.50. The van der Waals surface area contributed by atoms with E-state index < -0.39 is 0 Å². The molecule has 0 radical (unpaired) electrons. The molecule has 13 heavy (non-hydrogen) atoms. The Kier molecular flexibility index (Phi) is 2.22. The third kappa shape index (κ3) is 1.83. The molecule has 0 aromatic carbocycles. The molecule has 0 bridgehead atoms. The van der Waals surface area contributed by atoms with Crippen molar-refractivity contribution in [2.45, 2.75) is 6.54 Å². The van der Waals surface area contributed by atoms with E-state index in [0.29, 0.717) is 0 Å². The zero-order chi connectivity index (χ0) is 9.10. The molecule has 2 aromatic heterocycles. The normalized spacial score (nSPS) is 10.2. The van der Waals surface area contributed by atoms with E-state index in [2.05, 4.69) is 19.3 Å². The molecule has 0 atom stereocenters. The number of anilines is 1. The Morgan fingerprint density at radius 3 is 3.08 bits per heavy atom. The largest absolute Gasteiger partial charge is 0.347 e. The van der Waals surface area contributed by atoms with Gasteiger partial charge in [0.25, 0.3) is 0 Å². The summed E-state index contributed by atoms with van der Waals surface area (Å²) in [4.78, 5) is 13.2. The smallest absolute Gasteiger partial charge is 0.205 e. The monoisotopic (exact) mass is 195 g/mol. The van der Waals surface area contributed by atoms with Crippen LogP contribution < -0.4 is 4.90 Å². The van der Waals surface area contributed by atoms with Crippen molar-refractivity contribution in [3.05, 3.63) is 24.5 Å². The summed E-state index contributed by atoms with van der Waals surface area (Å²) in [5.74, 6) is 0.928. The van der Waals surface area contributed by atoms with Crippen LogP contribution in [0.15, 0.2) is 18.7 Å². The number of nitrogens with one attached hydrogen (secondary N) is 1. The minimum atomic E-state index is 0.724. The van der Waals surface area contributed by atoms with Crippen LogP contribution in [-0.2, 0) is 6.54 Å². The lowest BCUT2D eigenvalue weighted by atomic mass is 10.5. The van der Waals surface area contributed by atoms with E-state index in [4.69, 9.17) is 0 Å². The number of aromatic nitrogens is 4. The van der Waals surface area contributed by atoms with Crippen LogP contribution in [0.5, 0.6) is 0 Å². The van der Waals surface area contributed by atoms with E-state index in [1.807, 2.05) is 18.1 Å². The SMILES string of the molecule is CN(Cc1ncc[nH]1)c1ncns1. The molecule has 2 aromatic rings. The van der Waals surface area contributed by atoms with E-state index >= 15 is 0 Å². The highest BCUT2D eigenvalue weighted by Crippen LogP contribution is 2.13. The number of aromatic amines is 1. The molecule has 0 spiro atoms. The summed E-state index contributed by atoms with van der Waals surface area (Å²) in [6.07, 6.45) is 5.10. The predicted octanol–water partition coefficient (Wildman–Crippen LogP) is 0.898. The molecule has 5 nitrogen and oxygen atoms in total. The molecule has 2 rings (SSSR count). The van der Waals surface area contributed by atoms with Crippen LogP contribution in [0, 0.1) is 0 Å². The lowest BCUT2D eigenvalue weighted by Gasteiger charge is -2.12. The molecule has 0 aliphatic heterocycles. The van der Waals surface area contributed by atoms with Gasteiger partial charge in [-0.05, 0) is 0 Å². The Balaban J connectivity index is 2.04. The van der Waals surface area contributed by atoms with Crippen LogP contribution in [-0.4, -0.2) is 26.4 Å². The molecule has 68 valence electrons. The summed E-state index contributed by atoms with van der Waals surface area (Å²) in [6, 6.07) is 0. The van der Waals surface area contributed by atoms with Crippen molar-refractivity contribution in [3.63, 3.8) is 0 Å². The summed E-state index contributed by atoms with van der Waals surface area (Å²) in [6.45, 7) is 0.724. The van der Waals surface area contributed by atoms with Crippen LogP contribution in [0.2, 0.25) is 0 Å². The van der Waals surface area contributed by atoms with Gasteiger partial charge < -0.3 is 9.88 Å². The molecule has 0 saturated carbocycles. The van der Waals surface area contributed by atoms with Crippen molar-refractivity contribution in [1.82, 2.24) is 19.3 Å². The molecule has 0 saturated heterocycles. The van der Waals surface area contributed by atoms with Gasteiger partial charge in [-0.15, -0.1) is 0 Å². The first-order valence-corrected chi connectivity index (χ1v) is 4.59. The molecule has 0 aliphatic rings. The van der Waals surface area contributed by atoms with Gasteiger partial charge in [0.15, 0.2) is 0 Å². The minimum absolute atomic E-state index is 0.724. The quantitative estimate of drug-likeness (QED) is 0.790. The topological polar surface area (TPSA) is 57.7 Å². The summed E-state index contributed by atoms with van der Waals surface area (Å²) in [5, 5.41) is 0.899. The van der Waals surface area contributed by atoms with Gasteiger partial charge in [-0.25, -0.2) is 9.97 Å². The van der Waals surface area contributed by atoms with Crippen molar-refractivity contribution in [3.8, 4) is 0 Å². The summed E-state index contributed by atoms with van der Waals surface area (Å²) >= 11 is 1.38. The maximum Gasteiger partial charge on any atom is 0.205 e. The van der Waals surface area contributed by atoms with Gasteiger partial charge in [-0.1, -0.05) is 0 Å². The number of H-pyrrole nitrogens is 1. The van der Waals surface area contributed by atoms with Crippen molar-refractivity contribution in [1.29, 1.82) is 0 Å². The summed E-state index contributed by atoms with van der Waals surface area (Å²) in [7, 11) is 1.96. The number of hydrogen-bond donors (Lipinski definition) is 1. The summed E-state index contributed by atoms with van der Waals surface area (Å²) < 4.78 is 3.93. The van der Waals surface area contributed by atoms with E-state index in [1.54, 1.807) is 12.5 Å². The maximum absolute atomic E-state index is 4.13. The number of nitrogens with zero attached hydrogens (tertiary/aromatic N) is 4. The lowest BCUT2D eigenvalue weighted by Crippen LogP contribution is -2.16. The third-order valence-electron chi connectivity index (χ3n) is 1.62. The first-order chi connectivity index (χ1) is 6.36. The molecular formula is C7H9N5S. The van der Waals surface area contributed by atoms with Crippen molar-refractivity contribution < 1.29 is 0 Å². The fraction of sp³-hybridized carbons (Fsp3) is 0.286. The number of hydrogen-bond acceptors (Lipinski definition) is 5. The zero-order valence-corrected chi connectivity index (χ0v) is 7.95. The average molecular weight is 195 g/mol. The Hall–Kier alpha value is -1.43. The Bertz CT molecular complexity index is 341. The second-order valence-electron chi connectivity index (χ2n) is 2.62. The van der Waals surface area contributed by atoms with E-state index in [0.717, 1.165) is 17.5 Å². The summed E-state index contributed by atoms with van der Waals surface area (Å²) in [5.41, 5.74) is 0. The van der Waals surface area contributed by atoms with Crippen LogP contribution in [0.4, 0.5) is 5.13 Å². The zero-order valence-electron chi connectivity index (χ0n) is 7.14. The Morgan fingerprint density at radius 2 is 2.46 bits per heavy atom. The van der Waals surface area contributed by atoms with Crippen LogP contribution in [0.3, 0.4) is 0 Å². The highest BCUT2D eigenvalue weighted by molar-refractivity contribution is 7.09. The number of imidazole rings is 1. The van der Waals surface area contributed by atoms with Crippen molar-refractivity contribution in [2.75, 3.05) is 11.9 Å². The van der Waals surface area contributed by atoms with E-state index in [9.17, 15) is 0 Å². The first-order valence-electron chi connectivity index (χ1n) is 3.82. The molecule has 0 fully saturated rings. The van der Waals surface area contributed by atoms with Gasteiger partial charge in [0, 0.05) is 31.0 Å². The molecule has 6 heteroatoms. The van der Waals surface area contributed by atoms with Gasteiger partial charge >= 0.3 is 0 Å². The van der Waals surface area contributed by atoms with Gasteiger partial charge in [-0.3, -0.25) is 0 Å². The molecule has 0 aliphatic carbocycles. The molecule has 2 heterocycles. The van der Waals surface area contributed by atoms with Crippen LogP contribution >= 0.6 is 11.5 Å². The number of rotatable bonds is 3. The van der Waals surface area contributed by atoms with E-state index in [1.165, 1.54) is 11.5 Å². The third-order valence-corrected chi connectivity index (χ3v) is 2.40. The second kappa shape index (κ2) is 3.53. The second-order valence-corrected chi connectivity index (χ2v) is 3.37. The first kappa shape index (κ1) is 8.18. The van der Waals surface area contributed by atoms with Gasteiger partial charge in [0.1, 0.15) is 12.2 Å². The van der Waals surface area contributed by atoms with Crippen molar-refractivity contribution >= 4 is 16.7 Å². The van der Waals surface area contributed by atoms with Gasteiger partial charge in [-0.2, -0.15) is 4.37 Å². The minimum Gasteiger partial charge on any atom is -0.347 e. The standard InChI is InChI=1S/C7H9N5S/c1-12(7-10-5-11-13-7)4-6-8-2-3-9-6/h2-3,5H,4H2,1H3,(H,8,9). The van der Waals surface area contributed by atoms with Crippen LogP contribution in [0.1, 0.15) is 5.82 Å². The highest BCUT2D eigenvalue weighted by Gasteiger charge is 2.05. The fourth-order valence-electron chi connectivity index (χ4n) is 1.01. The van der Waals surface area contributed by atoms with Crippen molar-refractivity contribution in [2.24, 2.45) is 0 Å². The Labute approximate surface area is 79.6 Å². The average Bonchev–Trinajstić information content (AvgIpc) is 2.74. The van der Waals surface area contributed by atoms with Gasteiger partial charge in [0.05, 0.1) is 6.54 Å². The van der Waals surface area contributed by atoms with Crippen LogP contribution in [0.25, 0.3) is 0 Å². The van der Waals surface area contributed by atoms with E-state index in [-0.39, 0.29) is 0 Å². The molecule has 0 amide bonds. The molecular weight excluding hydrogens is 186 g/mol. The predicted molar refractivity (Wildman–Crippen MR) is 50.6 cm³/mol. The lowest BCUT2D eigenvalue weighted by molar-refractivity contribution is 0.854.